The largest absolute Gasteiger partial charge is 0.468 e. The number of esters is 1. The van der Waals surface area contributed by atoms with E-state index in [4.69, 9.17) is 22.1 Å². The van der Waals surface area contributed by atoms with Crippen LogP contribution in [0.2, 0.25) is 0 Å². The van der Waals surface area contributed by atoms with Crippen LogP contribution in [0.25, 0.3) is 0 Å². The first-order chi connectivity index (χ1) is 10.7. The van der Waals surface area contributed by atoms with E-state index in [1.54, 1.807) is 11.8 Å². The third-order valence-corrected chi connectivity index (χ3v) is 5.82. The highest BCUT2D eigenvalue weighted by atomic mass is 32.2. The van der Waals surface area contributed by atoms with Crippen molar-refractivity contribution in [1.82, 2.24) is 19.2 Å². The number of carbonyl (C=O) groups is 1. The molecule has 0 aromatic carbocycles. The predicted molar refractivity (Wildman–Crippen MR) is 88.4 cm³/mol. The van der Waals surface area contributed by atoms with Gasteiger partial charge < -0.3 is 9.30 Å². The summed E-state index contributed by atoms with van der Waals surface area (Å²) in [4.78, 5) is 13.9. The molecule has 0 unspecified atom stereocenters. The minimum atomic E-state index is -0.140. The topological polar surface area (TPSA) is 52.3 Å². The van der Waals surface area contributed by atoms with Crippen LogP contribution in [0.3, 0.4) is 0 Å². The molecule has 1 fully saturated rings. The number of rotatable bonds is 3. The number of ether oxygens (including phenoxy) is 1. The molecular formula is C14H22N4O2S2. The van der Waals surface area contributed by atoms with E-state index >= 15 is 0 Å². The molecule has 122 valence electrons. The summed E-state index contributed by atoms with van der Waals surface area (Å²) in [5.41, 5.74) is 0. The first kappa shape index (κ1) is 16.0. The molecule has 1 aromatic heterocycles. The lowest BCUT2D eigenvalue weighted by Gasteiger charge is -2.30. The lowest BCUT2D eigenvalue weighted by molar-refractivity contribution is -0.140. The predicted octanol–water partition coefficient (Wildman–Crippen LogP) is 1.69. The Labute approximate surface area is 139 Å². The number of thioether (sulfide) groups is 1. The summed E-state index contributed by atoms with van der Waals surface area (Å²) in [6.07, 6.45) is 4.63. The Balaban J connectivity index is 1.71. The second-order valence-electron chi connectivity index (χ2n) is 5.76. The third kappa shape index (κ3) is 3.38. The van der Waals surface area contributed by atoms with Crippen molar-refractivity contribution in [1.29, 1.82) is 0 Å². The van der Waals surface area contributed by atoms with Crippen molar-refractivity contribution in [3.05, 3.63) is 10.6 Å². The Morgan fingerprint density at radius 2 is 2.27 bits per heavy atom. The lowest BCUT2D eigenvalue weighted by Crippen LogP contribution is -2.42. The molecule has 3 heterocycles. The SMILES string of the molecule is COC(=O)[C@H]1CN(Cn2nc3n(c2=S)CCCCC3)CCS1. The molecule has 2 aliphatic heterocycles. The molecule has 0 aliphatic carbocycles. The zero-order valence-electron chi connectivity index (χ0n) is 12.9. The average Bonchev–Trinajstić information content (AvgIpc) is 2.71. The van der Waals surface area contributed by atoms with Gasteiger partial charge in [-0.15, -0.1) is 11.8 Å². The molecule has 0 amide bonds. The van der Waals surface area contributed by atoms with Crippen LogP contribution in [0.5, 0.6) is 0 Å². The molecule has 8 heteroatoms. The summed E-state index contributed by atoms with van der Waals surface area (Å²) in [6, 6.07) is 0. The first-order valence-corrected chi connectivity index (χ1v) is 9.23. The van der Waals surface area contributed by atoms with Crippen LogP contribution in [0.1, 0.15) is 25.1 Å². The van der Waals surface area contributed by atoms with Gasteiger partial charge >= 0.3 is 5.97 Å². The summed E-state index contributed by atoms with van der Waals surface area (Å²) in [5.74, 6) is 1.90. The Bertz CT molecular complexity index is 598. The normalized spacial score (nSPS) is 22.9. The number of aromatic nitrogens is 3. The maximum Gasteiger partial charge on any atom is 0.320 e. The lowest BCUT2D eigenvalue weighted by atomic mass is 10.2. The van der Waals surface area contributed by atoms with Crippen LogP contribution in [0.15, 0.2) is 0 Å². The van der Waals surface area contributed by atoms with Crippen LogP contribution in [0, 0.1) is 4.77 Å². The second-order valence-corrected chi connectivity index (χ2v) is 7.44. The van der Waals surface area contributed by atoms with Gasteiger partial charge in [0.15, 0.2) is 4.77 Å². The van der Waals surface area contributed by atoms with Crippen LogP contribution in [-0.2, 0) is 29.2 Å². The summed E-state index contributed by atoms with van der Waals surface area (Å²) < 4.78 is 9.76. The fourth-order valence-electron chi connectivity index (χ4n) is 3.01. The van der Waals surface area contributed by atoms with E-state index in [9.17, 15) is 4.79 Å². The van der Waals surface area contributed by atoms with Gasteiger partial charge in [0.05, 0.1) is 13.8 Å². The van der Waals surface area contributed by atoms with Crippen LogP contribution < -0.4 is 0 Å². The summed E-state index contributed by atoms with van der Waals surface area (Å²) in [6.45, 7) is 3.28. The number of aryl methyl sites for hydroxylation is 1. The van der Waals surface area contributed by atoms with Gasteiger partial charge in [-0.05, 0) is 25.1 Å². The fourth-order valence-corrected chi connectivity index (χ4v) is 4.50. The van der Waals surface area contributed by atoms with Gasteiger partial charge in [-0.25, -0.2) is 4.68 Å². The molecule has 0 bridgehead atoms. The second kappa shape index (κ2) is 7.14. The van der Waals surface area contributed by atoms with Crippen molar-refractivity contribution >= 4 is 29.9 Å². The van der Waals surface area contributed by atoms with Crippen molar-refractivity contribution in [3.8, 4) is 0 Å². The smallest absolute Gasteiger partial charge is 0.320 e. The van der Waals surface area contributed by atoms with Gasteiger partial charge in [-0.3, -0.25) is 9.69 Å². The van der Waals surface area contributed by atoms with E-state index in [0.29, 0.717) is 13.2 Å². The molecule has 0 saturated carbocycles. The summed E-state index contributed by atoms with van der Waals surface area (Å²) in [5, 5.41) is 4.60. The summed E-state index contributed by atoms with van der Waals surface area (Å²) in [7, 11) is 1.45. The number of hydrogen-bond acceptors (Lipinski definition) is 6. The Morgan fingerprint density at radius 3 is 3.09 bits per heavy atom. The number of fused-ring (bicyclic) bond motifs is 1. The summed E-state index contributed by atoms with van der Waals surface area (Å²) >= 11 is 7.25. The van der Waals surface area contributed by atoms with E-state index in [0.717, 1.165) is 35.9 Å². The first-order valence-electron chi connectivity index (χ1n) is 7.77. The fraction of sp³-hybridized carbons (Fsp3) is 0.786. The van der Waals surface area contributed by atoms with E-state index in [-0.39, 0.29) is 11.2 Å². The van der Waals surface area contributed by atoms with Gasteiger partial charge in [0, 0.05) is 31.8 Å². The van der Waals surface area contributed by atoms with Crippen LogP contribution in [-0.4, -0.2) is 56.4 Å². The minimum absolute atomic E-state index is 0.103. The number of nitrogens with zero attached hydrogens (tertiary/aromatic N) is 4. The van der Waals surface area contributed by atoms with Crippen molar-refractivity contribution in [3.63, 3.8) is 0 Å². The molecule has 0 spiro atoms. The third-order valence-electron chi connectivity index (χ3n) is 4.23. The molecule has 0 radical (unpaired) electrons. The molecule has 1 atom stereocenters. The monoisotopic (exact) mass is 342 g/mol. The molecule has 3 rings (SSSR count). The molecule has 1 aromatic rings. The van der Waals surface area contributed by atoms with Crippen molar-refractivity contribution < 1.29 is 9.53 Å². The van der Waals surface area contributed by atoms with Crippen LogP contribution in [0.4, 0.5) is 0 Å². The van der Waals surface area contributed by atoms with Gasteiger partial charge in [0.2, 0.25) is 0 Å². The van der Waals surface area contributed by atoms with E-state index in [1.165, 1.54) is 26.4 Å². The van der Waals surface area contributed by atoms with Crippen LogP contribution >= 0.6 is 24.0 Å². The van der Waals surface area contributed by atoms with Crippen molar-refractivity contribution in [2.75, 3.05) is 26.0 Å². The number of carbonyl (C=O) groups excluding carboxylic acids is 1. The maximum atomic E-state index is 11.7. The Hall–Kier alpha value is -0.860. The Kier molecular flexibility index (Phi) is 5.20. The maximum absolute atomic E-state index is 11.7. The molecular weight excluding hydrogens is 320 g/mol. The number of methoxy groups -OCH3 is 1. The van der Waals surface area contributed by atoms with Crippen molar-refractivity contribution in [2.45, 2.75) is 44.1 Å². The van der Waals surface area contributed by atoms with Crippen molar-refractivity contribution in [2.24, 2.45) is 0 Å². The van der Waals surface area contributed by atoms with E-state index in [1.807, 2.05) is 4.68 Å². The molecule has 0 N–H and O–H groups in total. The van der Waals surface area contributed by atoms with Gasteiger partial charge in [-0.1, -0.05) is 6.42 Å². The zero-order valence-corrected chi connectivity index (χ0v) is 14.5. The Morgan fingerprint density at radius 1 is 1.41 bits per heavy atom. The highest BCUT2D eigenvalue weighted by molar-refractivity contribution is 8.00. The van der Waals surface area contributed by atoms with E-state index < -0.39 is 0 Å². The highest BCUT2D eigenvalue weighted by Crippen LogP contribution is 2.21. The van der Waals surface area contributed by atoms with Gasteiger partial charge in [-0.2, -0.15) is 5.10 Å². The quantitative estimate of drug-likeness (QED) is 0.615. The van der Waals surface area contributed by atoms with Gasteiger partial charge in [0.25, 0.3) is 0 Å². The molecule has 6 nitrogen and oxygen atoms in total. The molecule has 2 aliphatic rings. The number of hydrogen-bond donors (Lipinski definition) is 0. The molecule has 22 heavy (non-hydrogen) atoms. The van der Waals surface area contributed by atoms with Gasteiger partial charge in [0.1, 0.15) is 11.1 Å². The highest BCUT2D eigenvalue weighted by Gasteiger charge is 2.27. The zero-order chi connectivity index (χ0) is 15.5. The average molecular weight is 342 g/mol. The molecule has 1 saturated heterocycles. The standard InChI is InChI=1S/C14H22N4O2S2/c1-20-13(19)11-9-16(7-8-22-11)10-18-14(21)17-6-4-2-3-5-12(17)15-18/h11H,2-10H2,1H3/t11-/m1/s1. The van der Waals surface area contributed by atoms with E-state index in [2.05, 4.69) is 9.47 Å². The minimum Gasteiger partial charge on any atom is -0.468 e.